The maximum Gasteiger partial charge on any atom is 0.320 e. The third kappa shape index (κ3) is 17.8. The Morgan fingerprint density at radius 3 is 1.37 bits per heavy atom. The summed E-state index contributed by atoms with van der Waals surface area (Å²) in [5.74, 6) is -0.0422. The van der Waals surface area contributed by atoms with E-state index in [-0.39, 0.29) is 0 Å². The second kappa shape index (κ2) is 19.9. The first-order valence-electron chi connectivity index (χ1n) is 12.7. The first-order chi connectivity index (χ1) is 14.4. The summed E-state index contributed by atoms with van der Waals surface area (Å²) < 4.78 is 10.9. The first kappa shape index (κ1) is 28.9. The average molecular weight is 427 g/mol. The average Bonchev–Trinajstić information content (AvgIpc) is 2.69. The van der Waals surface area contributed by atoms with Crippen LogP contribution in [0.4, 0.5) is 0 Å². The predicted octanol–water partition coefficient (Wildman–Crippen LogP) is 7.48. The maximum absolute atomic E-state index is 12.5. The Hall–Kier alpha value is -1.06. The molecule has 0 saturated heterocycles. The zero-order valence-corrected chi connectivity index (χ0v) is 20.7. The van der Waals surface area contributed by atoms with Gasteiger partial charge in [0.2, 0.25) is 0 Å². The molecule has 0 aliphatic rings. The molecule has 0 aromatic carbocycles. The maximum atomic E-state index is 12.5. The molecule has 0 aliphatic carbocycles. The molecule has 0 rings (SSSR count). The van der Waals surface area contributed by atoms with Crippen molar-refractivity contribution in [1.29, 1.82) is 0 Å². The molecule has 0 N–H and O–H groups in total. The molecule has 0 aromatic rings. The molecule has 4 nitrogen and oxygen atoms in total. The van der Waals surface area contributed by atoms with Gasteiger partial charge in [-0.25, -0.2) is 0 Å². The Morgan fingerprint density at radius 2 is 0.967 bits per heavy atom. The highest BCUT2D eigenvalue weighted by molar-refractivity contribution is 5.94. The Kier molecular flexibility index (Phi) is 19.2. The van der Waals surface area contributed by atoms with Crippen molar-refractivity contribution in [3.8, 4) is 0 Å². The summed E-state index contributed by atoms with van der Waals surface area (Å²) in [5.41, 5.74) is 0. The highest BCUT2D eigenvalue weighted by atomic mass is 16.6. The van der Waals surface area contributed by atoms with Crippen molar-refractivity contribution in [2.45, 2.75) is 125 Å². The molecule has 0 radical (unpaired) electrons. The molecule has 0 unspecified atom stereocenters. The number of ether oxygens (including phenoxy) is 2. The molecule has 0 spiro atoms. The van der Waals surface area contributed by atoms with Gasteiger partial charge in [0, 0.05) is 0 Å². The van der Waals surface area contributed by atoms with Gasteiger partial charge >= 0.3 is 11.9 Å². The Morgan fingerprint density at radius 1 is 0.567 bits per heavy atom. The van der Waals surface area contributed by atoms with Crippen LogP contribution >= 0.6 is 0 Å². The second-order valence-corrected chi connectivity index (χ2v) is 9.58. The predicted molar refractivity (Wildman–Crippen MR) is 125 cm³/mol. The van der Waals surface area contributed by atoms with E-state index in [0.29, 0.717) is 19.6 Å². The van der Waals surface area contributed by atoms with Crippen LogP contribution in [0.2, 0.25) is 0 Å². The lowest BCUT2D eigenvalue weighted by Crippen LogP contribution is -2.28. The van der Waals surface area contributed by atoms with Gasteiger partial charge in [0.05, 0.1) is 13.2 Å². The fraction of sp³-hybridized carbons (Fsp3) is 0.923. The van der Waals surface area contributed by atoms with Crippen LogP contribution < -0.4 is 0 Å². The van der Waals surface area contributed by atoms with Crippen LogP contribution in [0.25, 0.3) is 0 Å². The van der Waals surface area contributed by atoms with Gasteiger partial charge in [-0.1, -0.05) is 105 Å². The molecule has 0 saturated carbocycles. The lowest BCUT2D eigenvalue weighted by molar-refractivity contribution is -0.162. The number of carbonyl (C=O) groups is 2. The highest BCUT2D eigenvalue weighted by Crippen LogP contribution is 2.16. The van der Waals surface area contributed by atoms with Gasteiger partial charge in [-0.2, -0.15) is 0 Å². The fourth-order valence-corrected chi connectivity index (χ4v) is 3.49. The summed E-state index contributed by atoms with van der Waals surface area (Å²) in [6, 6.07) is 0. The van der Waals surface area contributed by atoms with Gasteiger partial charge in [-0.3, -0.25) is 9.59 Å². The summed E-state index contributed by atoms with van der Waals surface area (Å²) in [6.07, 6.45) is 14.7. The van der Waals surface area contributed by atoms with E-state index in [4.69, 9.17) is 9.47 Å². The monoisotopic (exact) mass is 426 g/mol. The molecule has 0 heterocycles. The smallest absolute Gasteiger partial charge is 0.320 e. The molecule has 30 heavy (non-hydrogen) atoms. The van der Waals surface area contributed by atoms with Gasteiger partial charge in [-0.05, 0) is 31.1 Å². The van der Waals surface area contributed by atoms with E-state index >= 15 is 0 Å². The Balaban J connectivity index is 4.13. The highest BCUT2D eigenvalue weighted by Gasteiger charge is 2.29. The van der Waals surface area contributed by atoms with Crippen LogP contribution in [-0.2, 0) is 19.1 Å². The number of unbranched alkanes of at least 4 members (excludes halogenated alkanes) is 8. The third-order valence-corrected chi connectivity index (χ3v) is 5.51. The quantitative estimate of drug-likeness (QED) is 0.115. The van der Waals surface area contributed by atoms with Crippen molar-refractivity contribution in [3.05, 3.63) is 0 Å². The van der Waals surface area contributed by atoms with Crippen LogP contribution in [0.1, 0.15) is 125 Å². The van der Waals surface area contributed by atoms with Crippen LogP contribution in [-0.4, -0.2) is 25.2 Å². The van der Waals surface area contributed by atoms with Crippen LogP contribution in [0.3, 0.4) is 0 Å². The largest absolute Gasteiger partial charge is 0.465 e. The minimum absolute atomic E-state index is 0.393. The molecule has 0 amide bonds. The van der Waals surface area contributed by atoms with Crippen molar-refractivity contribution in [1.82, 2.24) is 0 Å². The fourth-order valence-electron chi connectivity index (χ4n) is 3.49. The SMILES string of the molecule is CCCCCC(C(=O)OCCCCCCC(C)C)C(=O)OCCCCCCC(C)C. The van der Waals surface area contributed by atoms with E-state index in [0.717, 1.165) is 56.8 Å². The number of esters is 2. The van der Waals surface area contributed by atoms with Crippen molar-refractivity contribution < 1.29 is 19.1 Å². The van der Waals surface area contributed by atoms with E-state index in [1.807, 2.05) is 0 Å². The summed E-state index contributed by atoms with van der Waals surface area (Å²) in [4.78, 5) is 24.9. The molecular formula is C26H50O4. The summed E-state index contributed by atoms with van der Waals surface area (Å²) >= 11 is 0. The molecule has 178 valence electrons. The zero-order chi connectivity index (χ0) is 22.6. The van der Waals surface area contributed by atoms with E-state index < -0.39 is 17.9 Å². The minimum atomic E-state index is -0.751. The van der Waals surface area contributed by atoms with Crippen LogP contribution in [0.15, 0.2) is 0 Å². The summed E-state index contributed by atoms with van der Waals surface area (Å²) in [5, 5.41) is 0. The summed E-state index contributed by atoms with van der Waals surface area (Å²) in [6.45, 7) is 11.9. The molecule has 0 aliphatic heterocycles. The molecule has 0 fully saturated rings. The number of carbonyl (C=O) groups excluding carboxylic acids is 2. The minimum Gasteiger partial charge on any atom is -0.465 e. The number of hydrogen-bond acceptors (Lipinski definition) is 4. The van der Waals surface area contributed by atoms with Crippen molar-refractivity contribution >= 4 is 11.9 Å². The standard InChI is InChI=1S/C26H50O4/c1-6-7-12-19-24(25(27)29-20-15-10-8-13-17-22(2)3)26(28)30-21-16-11-9-14-18-23(4)5/h22-24H,6-21H2,1-5H3. The van der Waals surface area contributed by atoms with Gasteiger partial charge in [0.1, 0.15) is 0 Å². The van der Waals surface area contributed by atoms with Crippen molar-refractivity contribution in [2.24, 2.45) is 17.8 Å². The van der Waals surface area contributed by atoms with E-state index in [9.17, 15) is 9.59 Å². The lowest BCUT2D eigenvalue weighted by Gasteiger charge is -2.15. The number of hydrogen-bond donors (Lipinski definition) is 0. The Labute approximate surface area is 186 Å². The Bertz CT molecular complexity index is 383. The number of rotatable bonds is 20. The molecular weight excluding hydrogens is 376 g/mol. The topological polar surface area (TPSA) is 52.6 Å². The van der Waals surface area contributed by atoms with Gasteiger partial charge < -0.3 is 9.47 Å². The molecule has 0 bridgehead atoms. The lowest BCUT2D eigenvalue weighted by atomic mass is 10.0. The van der Waals surface area contributed by atoms with Crippen molar-refractivity contribution in [3.63, 3.8) is 0 Å². The molecule has 4 heteroatoms. The molecule has 0 aromatic heterocycles. The van der Waals surface area contributed by atoms with Crippen LogP contribution in [0.5, 0.6) is 0 Å². The second-order valence-electron chi connectivity index (χ2n) is 9.58. The van der Waals surface area contributed by atoms with E-state index in [1.54, 1.807) is 0 Å². The van der Waals surface area contributed by atoms with E-state index in [1.165, 1.54) is 38.5 Å². The van der Waals surface area contributed by atoms with Gasteiger partial charge in [0.25, 0.3) is 0 Å². The van der Waals surface area contributed by atoms with Gasteiger partial charge in [-0.15, -0.1) is 0 Å². The van der Waals surface area contributed by atoms with Gasteiger partial charge in [0.15, 0.2) is 5.92 Å². The van der Waals surface area contributed by atoms with Crippen molar-refractivity contribution in [2.75, 3.05) is 13.2 Å². The first-order valence-corrected chi connectivity index (χ1v) is 12.7. The normalized spacial score (nSPS) is 11.5. The third-order valence-electron chi connectivity index (χ3n) is 5.51. The van der Waals surface area contributed by atoms with E-state index in [2.05, 4.69) is 34.6 Å². The summed E-state index contributed by atoms with van der Waals surface area (Å²) in [7, 11) is 0. The molecule has 0 atom stereocenters. The van der Waals surface area contributed by atoms with Crippen LogP contribution in [0, 0.1) is 17.8 Å². The zero-order valence-electron chi connectivity index (χ0n) is 20.7.